The Balaban J connectivity index is 2.35. The predicted molar refractivity (Wildman–Crippen MR) is 73.9 cm³/mol. The maximum atomic E-state index is 11.6. The van der Waals surface area contributed by atoms with Crippen LogP contribution in [0.25, 0.3) is 5.57 Å². The second kappa shape index (κ2) is 4.89. The summed E-state index contributed by atoms with van der Waals surface area (Å²) in [6, 6.07) is 7.59. The zero-order chi connectivity index (χ0) is 12.4. The number of thiocarbonyl (C=S) groups is 1. The Hall–Kier alpha value is -1.33. The smallest absolute Gasteiger partial charge is 0.263 e. The van der Waals surface area contributed by atoms with Crippen molar-refractivity contribution >= 4 is 39.8 Å². The number of carbonyl (C=O) groups is 1. The monoisotopic (exact) mass is 265 g/mol. The molecule has 0 atom stereocenters. The van der Waals surface area contributed by atoms with E-state index in [-0.39, 0.29) is 5.91 Å². The van der Waals surface area contributed by atoms with Crippen LogP contribution in [0.1, 0.15) is 12.5 Å². The number of nitrogens with one attached hydrogen (secondary N) is 1. The van der Waals surface area contributed by atoms with E-state index >= 15 is 0 Å². The van der Waals surface area contributed by atoms with E-state index in [9.17, 15) is 4.79 Å². The highest BCUT2D eigenvalue weighted by Gasteiger charge is 2.24. The molecule has 1 aliphatic heterocycles. The summed E-state index contributed by atoms with van der Waals surface area (Å²) in [5.41, 5.74) is 1.92. The number of thioether (sulfide) groups is 1. The van der Waals surface area contributed by atoms with E-state index in [0.29, 0.717) is 9.23 Å². The lowest BCUT2D eigenvalue weighted by molar-refractivity contribution is -0.115. The van der Waals surface area contributed by atoms with Crippen LogP contribution in [-0.4, -0.2) is 17.3 Å². The molecule has 1 N–H and O–H groups in total. The highest BCUT2D eigenvalue weighted by atomic mass is 32.2. The molecule has 0 spiro atoms. The van der Waals surface area contributed by atoms with Gasteiger partial charge in [0.25, 0.3) is 5.91 Å². The molecule has 0 saturated carbocycles. The average Bonchev–Trinajstić information content (AvgIpc) is 2.68. The first-order valence-corrected chi connectivity index (χ1v) is 6.22. The summed E-state index contributed by atoms with van der Waals surface area (Å²) in [7, 11) is 1.62. The molecule has 1 aliphatic rings. The van der Waals surface area contributed by atoms with Gasteiger partial charge in [-0.1, -0.05) is 36.1 Å². The summed E-state index contributed by atoms with van der Waals surface area (Å²) in [4.78, 5) is 12.3. The Labute approximate surface area is 109 Å². The van der Waals surface area contributed by atoms with Gasteiger partial charge in [0, 0.05) is 0 Å². The number of hydrogen-bond donors (Lipinski definition) is 1. The summed E-state index contributed by atoms with van der Waals surface area (Å²) in [6.07, 6.45) is 0. The predicted octanol–water partition coefficient (Wildman–Crippen LogP) is 2.57. The largest absolute Gasteiger partial charge is 0.497 e. The number of ether oxygens (including phenoxy) is 1. The average molecular weight is 265 g/mol. The molecule has 1 saturated heterocycles. The third-order valence-corrected chi connectivity index (χ3v) is 3.82. The molecule has 0 bridgehead atoms. The number of methoxy groups -OCH3 is 1. The van der Waals surface area contributed by atoms with Gasteiger partial charge in [-0.15, -0.1) is 0 Å². The summed E-state index contributed by atoms with van der Waals surface area (Å²) in [5, 5.41) is 2.61. The van der Waals surface area contributed by atoms with Crippen molar-refractivity contribution in [3.63, 3.8) is 0 Å². The van der Waals surface area contributed by atoms with Gasteiger partial charge < -0.3 is 10.1 Å². The summed E-state index contributed by atoms with van der Waals surface area (Å²) in [5.74, 6) is 0.680. The SMILES string of the molecule is COc1ccc(C(C)=C2SC(=S)NC2=O)cc1. The van der Waals surface area contributed by atoms with Crippen molar-refractivity contribution in [2.75, 3.05) is 7.11 Å². The van der Waals surface area contributed by atoms with Crippen molar-refractivity contribution in [1.82, 2.24) is 5.32 Å². The fourth-order valence-electron chi connectivity index (χ4n) is 1.53. The molecule has 1 aromatic rings. The van der Waals surface area contributed by atoms with Crippen molar-refractivity contribution in [3.8, 4) is 5.75 Å². The molecule has 3 nitrogen and oxygen atoms in total. The van der Waals surface area contributed by atoms with E-state index in [4.69, 9.17) is 17.0 Å². The van der Waals surface area contributed by atoms with Gasteiger partial charge in [-0.2, -0.15) is 0 Å². The third-order valence-electron chi connectivity index (χ3n) is 2.48. The van der Waals surface area contributed by atoms with Crippen molar-refractivity contribution in [2.45, 2.75) is 6.92 Å². The normalized spacial score (nSPS) is 18.0. The van der Waals surface area contributed by atoms with E-state index in [1.165, 1.54) is 11.8 Å². The highest BCUT2D eigenvalue weighted by Crippen LogP contribution is 2.32. The number of carbonyl (C=O) groups excluding carboxylic acids is 1. The third kappa shape index (κ3) is 2.50. The van der Waals surface area contributed by atoms with Crippen molar-refractivity contribution in [1.29, 1.82) is 0 Å². The second-order valence-electron chi connectivity index (χ2n) is 3.53. The first-order chi connectivity index (χ1) is 8.11. The van der Waals surface area contributed by atoms with Gasteiger partial charge >= 0.3 is 0 Å². The summed E-state index contributed by atoms with van der Waals surface area (Å²) in [6.45, 7) is 1.91. The zero-order valence-electron chi connectivity index (χ0n) is 9.44. The topological polar surface area (TPSA) is 38.3 Å². The molecule has 17 heavy (non-hydrogen) atoms. The maximum absolute atomic E-state index is 11.6. The zero-order valence-corrected chi connectivity index (χ0v) is 11.1. The van der Waals surface area contributed by atoms with E-state index in [2.05, 4.69) is 5.32 Å². The van der Waals surface area contributed by atoms with Crippen LogP contribution < -0.4 is 10.1 Å². The van der Waals surface area contributed by atoms with Crippen LogP contribution in [0.5, 0.6) is 5.75 Å². The van der Waals surface area contributed by atoms with Crippen LogP contribution in [0.4, 0.5) is 0 Å². The fraction of sp³-hybridized carbons (Fsp3) is 0.167. The quantitative estimate of drug-likeness (QED) is 0.659. The molecule has 1 amide bonds. The highest BCUT2D eigenvalue weighted by molar-refractivity contribution is 8.26. The van der Waals surface area contributed by atoms with Gasteiger partial charge in [-0.3, -0.25) is 4.79 Å². The van der Waals surface area contributed by atoms with Gasteiger partial charge in [-0.25, -0.2) is 0 Å². The van der Waals surface area contributed by atoms with Crippen LogP contribution in [-0.2, 0) is 4.79 Å². The van der Waals surface area contributed by atoms with Gasteiger partial charge in [0.15, 0.2) is 0 Å². The minimum Gasteiger partial charge on any atom is -0.497 e. The van der Waals surface area contributed by atoms with Crippen molar-refractivity contribution < 1.29 is 9.53 Å². The Kier molecular flexibility index (Phi) is 3.49. The summed E-state index contributed by atoms with van der Waals surface area (Å²) >= 11 is 6.26. The van der Waals surface area contributed by atoms with E-state index < -0.39 is 0 Å². The Bertz CT molecular complexity index is 506. The number of rotatable bonds is 2. The second-order valence-corrected chi connectivity index (χ2v) is 5.21. The number of amides is 1. The minimum absolute atomic E-state index is 0.117. The van der Waals surface area contributed by atoms with Crippen LogP contribution in [0.15, 0.2) is 29.2 Å². The molecule has 1 fully saturated rings. The lowest BCUT2D eigenvalue weighted by Crippen LogP contribution is -2.18. The molecule has 1 heterocycles. The van der Waals surface area contributed by atoms with Crippen LogP contribution >= 0.6 is 24.0 Å². The van der Waals surface area contributed by atoms with Crippen LogP contribution in [0.2, 0.25) is 0 Å². The van der Waals surface area contributed by atoms with Crippen LogP contribution in [0, 0.1) is 0 Å². The van der Waals surface area contributed by atoms with Gasteiger partial charge in [0.2, 0.25) is 0 Å². The number of benzene rings is 1. The molecule has 88 valence electrons. The maximum Gasteiger partial charge on any atom is 0.263 e. The Morgan fingerprint density at radius 2 is 2.00 bits per heavy atom. The molecule has 0 aromatic heterocycles. The fourth-order valence-corrected chi connectivity index (χ4v) is 2.62. The molecule has 0 aliphatic carbocycles. The molecular formula is C12H11NO2S2. The van der Waals surface area contributed by atoms with E-state index in [1.807, 2.05) is 31.2 Å². The molecule has 0 radical (unpaired) electrons. The molecule has 0 unspecified atom stereocenters. The van der Waals surface area contributed by atoms with Gasteiger partial charge in [-0.05, 0) is 30.2 Å². The standard InChI is InChI=1S/C12H11NO2S2/c1-7(10-11(14)13-12(16)17-10)8-3-5-9(15-2)6-4-8/h3-6H,1-2H3,(H,13,14,16). The first kappa shape index (κ1) is 12.1. The number of allylic oxidation sites excluding steroid dienone is 1. The lowest BCUT2D eigenvalue weighted by atomic mass is 10.1. The van der Waals surface area contributed by atoms with E-state index in [0.717, 1.165) is 16.9 Å². The van der Waals surface area contributed by atoms with E-state index in [1.54, 1.807) is 7.11 Å². The number of hydrogen-bond acceptors (Lipinski definition) is 4. The van der Waals surface area contributed by atoms with Gasteiger partial charge in [0.05, 0.1) is 12.0 Å². The van der Waals surface area contributed by atoms with Crippen LogP contribution in [0.3, 0.4) is 0 Å². The Morgan fingerprint density at radius 3 is 2.47 bits per heavy atom. The van der Waals surface area contributed by atoms with Crippen molar-refractivity contribution in [2.24, 2.45) is 0 Å². The Morgan fingerprint density at radius 1 is 1.35 bits per heavy atom. The summed E-state index contributed by atoms with van der Waals surface area (Å²) < 4.78 is 5.60. The van der Waals surface area contributed by atoms with Crippen molar-refractivity contribution in [3.05, 3.63) is 34.7 Å². The van der Waals surface area contributed by atoms with Gasteiger partial charge in [0.1, 0.15) is 10.1 Å². The lowest BCUT2D eigenvalue weighted by Gasteiger charge is -2.05. The first-order valence-electron chi connectivity index (χ1n) is 5.00. The minimum atomic E-state index is -0.117. The molecule has 5 heteroatoms. The molecule has 2 rings (SSSR count). The molecule has 1 aromatic carbocycles. The molecular weight excluding hydrogens is 254 g/mol.